The maximum absolute atomic E-state index is 12.8. The maximum Gasteiger partial charge on any atom is 0.429 e. The molecule has 0 aliphatic carbocycles. The second-order valence-corrected chi connectivity index (χ2v) is 6.69. The number of ether oxygens (including phenoxy) is 1. The quantitative estimate of drug-likeness (QED) is 0.502. The second-order valence-electron chi connectivity index (χ2n) is 6.69. The van der Waals surface area contributed by atoms with Crippen LogP contribution in [0.3, 0.4) is 0 Å². The number of fused-ring (bicyclic) bond motifs is 1. The van der Waals surface area contributed by atoms with Crippen molar-refractivity contribution in [2.75, 3.05) is 6.54 Å². The van der Waals surface area contributed by atoms with Gasteiger partial charge in [0.15, 0.2) is 0 Å². The SMILES string of the molecule is CCCCCCN(C(=O)OCc1ccccc1)N1C(=O)c2ccccc2C1=O. The van der Waals surface area contributed by atoms with Crippen molar-refractivity contribution >= 4 is 17.9 Å². The summed E-state index contributed by atoms with van der Waals surface area (Å²) in [5, 5.41) is 2.06. The van der Waals surface area contributed by atoms with Gasteiger partial charge in [-0.05, 0) is 24.1 Å². The highest BCUT2D eigenvalue weighted by Crippen LogP contribution is 2.25. The average molecular weight is 380 g/mol. The molecule has 3 rings (SSSR count). The van der Waals surface area contributed by atoms with Crippen LogP contribution in [0, 0.1) is 0 Å². The van der Waals surface area contributed by atoms with Crippen LogP contribution in [0.15, 0.2) is 54.6 Å². The summed E-state index contributed by atoms with van der Waals surface area (Å²) >= 11 is 0. The first-order valence-electron chi connectivity index (χ1n) is 9.59. The van der Waals surface area contributed by atoms with Gasteiger partial charge in [0, 0.05) is 6.54 Å². The van der Waals surface area contributed by atoms with Gasteiger partial charge in [0.2, 0.25) is 0 Å². The highest BCUT2D eigenvalue weighted by atomic mass is 16.6. The molecular formula is C22H24N2O4. The Bertz CT molecular complexity index is 816. The summed E-state index contributed by atoms with van der Waals surface area (Å²) in [6.45, 7) is 2.42. The van der Waals surface area contributed by atoms with Crippen molar-refractivity contribution in [3.05, 3.63) is 71.3 Å². The highest BCUT2D eigenvalue weighted by Gasteiger charge is 2.41. The Morgan fingerprint density at radius 3 is 2.11 bits per heavy atom. The fraction of sp³-hybridized carbons (Fsp3) is 0.318. The fourth-order valence-corrected chi connectivity index (χ4v) is 3.15. The number of benzene rings is 2. The summed E-state index contributed by atoms with van der Waals surface area (Å²) in [4.78, 5) is 38.3. The molecule has 0 fully saturated rings. The second kappa shape index (κ2) is 9.17. The number of carbonyl (C=O) groups excluding carboxylic acids is 3. The zero-order chi connectivity index (χ0) is 19.9. The Hall–Kier alpha value is -3.15. The molecule has 0 saturated heterocycles. The third-order valence-corrected chi connectivity index (χ3v) is 4.65. The molecule has 0 aromatic heterocycles. The summed E-state index contributed by atoms with van der Waals surface area (Å²) in [6.07, 6.45) is 2.96. The van der Waals surface area contributed by atoms with Gasteiger partial charge in [0.05, 0.1) is 11.1 Å². The number of hydrogen-bond donors (Lipinski definition) is 0. The van der Waals surface area contributed by atoms with Gasteiger partial charge >= 0.3 is 6.09 Å². The lowest BCUT2D eigenvalue weighted by atomic mass is 10.1. The molecule has 2 aromatic rings. The minimum absolute atomic E-state index is 0.0777. The van der Waals surface area contributed by atoms with Crippen molar-refractivity contribution < 1.29 is 19.1 Å². The summed E-state index contributed by atoms with van der Waals surface area (Å²) in [6, 6.07) is 15.9. The van der Waals surface area contributed by atoms with Crippen molar-refractivity contribution in [3.63, 3.8) is 0 Å². The van der Waals surface area contributed by atoms with E-state index in [9.17, 15) is 14.4 Å². The predicted octanol–water partition coefficient (Wildman–Crippen LogP) is 4.42. The van der Waals surface area contributed by atoms with E-state index in [1.54, 1.807) is 24.3 Å². The highest BCUT2D eigenvalue weighted by molar-refractivity contribution is 6.21. The minimum Gasteiger partial charge on any atom is -0.443 e. The van der Waals surface area contributed by atoms with Gasteiger partial charge in [-0.2, -0.15) is 5.01 Å². The van der Waals surface area contributed by atoms with Gasteiger partial charge in [-0.3, -0.25) is 9.59 Å². The molecule has 0 bridgehead atoms. The molecule has 6 heteroatoms. The van der Waals surface area contributed by atoms with Gasteiger partial charge in [0.25, 0.3) is 11.8 Å². The maximum atomic E-state index is 12.8. The lowest BCUT2D eigenvalue weighted by molar-refractivity contribution is -0.00492. The predicted molar refractivity (Wildman–Crippen MR) is 104 cm³/mol. The zero-order valence-electron chi connectivity index (χ0n) is 16.0. The molecule has 0 unspecified atom stereocenters. The van der Waals surface area contributed by atoms with E-state index in [4.69, 9.17) is 4.74 Å². The molecule has 0 saturated carbocycles. The first-order chi connectivity index (χ1) is 13.6. The molecule has 0 spiro atoms. The number of rotatable bonds is 8. The molecule has 3 amide bonds. The lowest BCUT2D eigenvalue weighted by Gasteiger charge is -2.29. The molecule has 28 heavy (non-hydrogen) atoms. The van der Waals surface area contributed by atoms with Crippen LogP contribution in [0.1, 0.15) is 58.9 Å². The summed E-state index contributed by atoms with van der Waals surface area (Å²) in [5.74, 6) is -0.986. The van der Waals surface area contributed by atoms with Gasteiger partial charge < -0.3 is 4.74 Å². The third-order valence-electron chi connectivity index (χ3n) is 4.65. The normalized spacial score (nSPS) is 12.8. The van der Waals surface area contributed by atoms with Crippen LogP contribution in [0.2, 0.25) is 0 Å². The van der Waals surface area contributed by atoms with Crippen LogP contribution >= 0.6 is 0 Å². The van der Waals surface area contributed by atoms with Gasteiger partial charge in [0.1, 0.15) is 6.61 Å². The summed E-state index contributed by atoms with van der Waals surface area (Å²) < 4.78 is 5.40. The van der Waals surface area contributed by atoms with E-state index in [0.29, 0.717) is 17.5 Å². The van der Waals surface area contributed by atoms with E-state index in [-0.39, 0.29) is 13.2 Å². The third kappa shape index (κ3) is 4.22. The smallest absolute Gasteiger partial charge is 0.429 e. The van der Waals surface area contributed by atoms with Crippen molar-refractivity contribution in [1.29, 1.82) is 0 Å². The molecule has 6 nitrogen and oxygen atoms in total. The molecule has 146 valence electrons. The van der Waals surface area contributed by atoms with Crippen molar-refractivity contribution in [3.8, 4) is 0 Å². The van der Waals surface area contributed by atoms with E-state index in [1.165, 1.54) is 0 Å². The van der Waals surface area contributed by atoms with Crippen LogP contribution in [0.4, 0.5) is 4.79 Å². The van der Waals surface area contributed by atoms with Crippen LogP contribution in [0.25, 0.3) is 0 Å². The molecule has 1 heterocycles. The molecule has 0 N–H and O–H groups in total. The van der Waals surface area contributed by atoms with E-state index >= 15 is 0 Å². The van der Waals surface area contributed by atoms with Crippen LogP contribution in [-0.4, -0.2) is 34.5 Å². The number of carbonyl (C=O) groups is 3. The number of hydrazine groups is 1. The van der Waals surface area contributed by atoms with E-state index in [2.05, 4.69) is 6.92 Å². The van der Waals surface area contributed by atoms with E-state index in [1.807, 2.05) is 30.3 Å². The minimum atomic E-state index is -0.699. The number of unbranched alkanes of at least 4 members (excludes halogenated alkanes) is 3. The monoisotopic (exact) mass is 380 g/mol. The molecule has 0 radical (unpaired) electrons. The molecule has 1 aliphatic rings. The van der Waals surface area contributed by atoms with Crippen LogP contribution < -0.4 is 0 Å². The van der Waals surface area contributed by atoms with Crippen LogP contribution in [-0.2, 0) is 11.3 Å². The summed E-state index contributed by atoms with van der Waals surface area (Å²) in [7, 11) is 0. The van der Waals surface area contributed by atoms with Crippen LogP contribution in [0.5, 0.6) is 0 Å². The van der Waals surface area contributed by atoms with Gasteiger partial charge in [-0.25, -0.2) is 9.80 Å². The Kier molecular flexibility index (Phi) is 6.42. The molecular weight excluding hydrogens is 356 g/mol. The zero-order valence-corrected chi connectivity index (χ0v) is 16.0. The first kappa shape index (κ1) is 19.6. The first-order valence-corrected chi connectivity index (χ1v) is 9.59. The van der Waals surface area contributed by atoms with Crippen molar-refractivity contribution in [2.24, 2.45) is 0 Å². The topological polar surface area (TPSA) is 66.9 Å². The Labute approximate surface area is 164 Å². The molecule has 2 aromatic carbocycles. The Morgan fingerprint density at radius 2 is 1.50 bits per heavy atom. The molecule has 1 aliphatic heterocycles. The average Bonchev–Trinajstić information content (AvgIpc) is 2.98. The lowest BCUT2D eigenvalue weighted by Crippen LogP contribution is -2.50. The van der Waals surface area contributed by atoms with E-state index < -0.39 is 17.9 Å². The standard InChI is InChI=1S/C22H24N2O4/c1-2-3-4-10-15-23(22(27)28-16-17-11-6-5-7-12-17)24-20(25)18-13-8-9-14-19(18)21(24)26/h5-9,11-14H,2-4,10,15-16H2,1H3. The number of amides is 3. The van der Waals surface area contributed by atoms with Gasteiger partial charge in [-0.1, -0.05) is 68.7 Å². The Morgan fingerprint density at radius 1 is 0.893 bits per heavy atom. The number of nitrogens with zero attached hydrogens (tertiary/aromatic N) is 2. The van der Waals surface area contributed by atoms with Crippen molar-refractivity contribution in [2.45, 2.75) is 39.2 Å². The number of imide groups is 1. The fourth-order valence-electron chi connectivity index (χ4n) is 3.15. The number of hydrogen-bond acceptors (Lipinski definition) is 4. The Balaban J connectivity index is 1.76. The van der Waals surface area contributed by atoms with E-state index in [0.717, 1.165) is 34.8 Å². The van der Waals surface area contributed by atoms with Crippen molar-refractivity contribution in [1.82, 2.24) is 10.0 Å². The largest absolute Gasteiger partial charge is 0.443 e. The molecule has 0 atom stereocenters. The summed E-state index contributed by atoms with van der Waals surface area (Å²) in [5.41, 5.74) is 1.45. The van der Waals surface area contributed by atoms with Gasteiger partial charge in [-0.15, -0.1) is 0 Å².